The van der Waals surface area contributed by atoms with E-state index >= 15 is 0 Å². The molecule has 7 heteroatoms. The molecule has 2 heterocycles. The summed E-state index contributed by atoms with van der Waals surface area (Å²) in [6.45, 7) is 4.40. The smallest absolute Gasteiger partial charge is 0.343 e. The van der Waals surface area contributed by atoms with Gasteiger partial charge in [-0.2, -0.15) is 0 Å². The third kappa shape index (κ3) is 3.43. The number of hydrogen-bond donors (Lipinski definition) is 1. The average Bonchev–Trinajstić information content (AvgIpc) is 2.56. The van der Waals surface area contributed by atoms with E-state index in [0.29, 0.717) is 35.4 Å². The quantitative estimate of drug-likeness (QED) is 0.853. The van der Waals surface area contributed by atoms with E-state index in [0.717, 1.165) is 17.7 Å². The van der Waals surface area contributed by atoms with E-state index in [1.165, 1.54) is 6.20 Å². The van der Waals surface area contributed by atoms with Crippen molar-refractivity contribution in [1.82, 2.24) is 9.97 Å². The maximum absolute atomic E-state index is 12.1. The van der Waals surface area contributed by atoms with Gasteiger partial charge in [-0.3, -0.25) is 0 Å². The summed E-state index contributed by atoms with van der Waals surface area (Å²) in [4.78, 5) is 20.6. The Hall–Kier alpha value is -2.34. The Kier molecular flexibility index (Phi) is 4.85. The summed E-state index contributed by atoms with van der Waals surface area (Å²) in [6, 6.07) is 5.45. The van der Waals surface area contributed by atoms with Crippen LogP contribution in [0, 0.1) is 6.92 Å². The van der Waals surface area contributed by atoms with E-state index in [4.69, 9.17) is 21.1 Å². The Balaban J connectivity index is 1.93. The van der Waals surface area contributed by atoms with E-state index in [2.05, 4.69) is 15.3 Å². The topological polar surface area (TPSA) is 73.3 Å². The fraction of sp³-hybridized carbons (Fsp3) is 0.353. The van der Waals surface area contributed by atoms with E-state index in [1.54, 1.807) is 19.9 Å². The van der Waals surface area contributed by atoms with Crippen LogP contribution in [0.4, 0.5) is 5.82 Å². The first-order chi connectivity index (χ1) is 11.6. The molecule has 0 bridgehead atoms. The number of carbonyl (C=O) groups is 1. The Morgan fingerprint density at radius 2 is 2.33 bits per heavy atom. The van der Waals surface area contributed by atoms with Gasteiger partial charge in [0.2, 0.25) is 0 Å². The first kappa shape index (κ1) is 16.5. The number of benzene rings is 1. The first-order valence-corrected chi connectivity index (χ1v) is 8.16. The van der Waals surface area contributed by atoms with Gasteiger partial charge in [-0.15, -0.1) is 0 Å². The molecule has 1 aromatic carbocycles. The van der Waals surface area contributed by atoms with Crippen molar-refractivity contribution in [3.8, 4) is 5.75 Å². The third-order valence-corrected chi connectivity index (χ3v) is 3.96. The Morgan fingerprint density at radius 1 is 1.50 bits per heavy atom. The van der Waals surface area contributed by atoms with Gasteiger partial charge in [0.1, 0.15) is 23.0 Å². The number of halogens is 1. The summed E-state index contributed by atoms with van der Waals surface area (Å²) in [5.41, 5.74) is 1.26. The normalized spacial score (nSPS) is 16.0. The van der Waals surface area contributed by atoms with Crippen LogP contribution in [-0.2, 0) is 4.74 Å². The molecule has 24 heavy (non-hydrogen) atoms. The molecule has 0 aliphatic carbocycles. The number of hydrogen-bond acceptors (Lipinski definition) is 6. The van der Waals surface area contributed by atoms with E-state index in [1.807, 2.05) is 12.1 Å². The SMILES string of the molecule is CCOC(=O)c1cnc(C)nc1NC1CCOc2ccc(Cl)cc21. The first-order valence-electron chi connectivity index (χ1n) is 7.78. The molecule has 1 aliphatic rings. The predicted octanol–water partition coefficient (Wildman–Crippen LogP) is 3.55. The number of esters is 1. The lowest BCUT2D eigenvalue weighted by molar-refractivity contribution is 0.0526. The molecule has 2 aromatic rings. The van der Waals surface area contributed by atoms with Gasteiger partial charge in [-0.1, -0.05) is 11.6 Å². The molecule has 0 saturated carbocycles. The minimum Gasteiger partial charge on any atom is -0.493 e. The molecule has 0 radical (unpaired) electrons. The highest BCUT2D eigenvalue weighted by molar-refractivity contribution is 6.30. The Bertz CT molecular complexity index is 767. The number of nitrogens with one attached hydrogen (secondary N) is 1. The number of carbonyl (C=O) groups excluding carboxylic acids is 1. The lowest BCUT2D eigenvalue weighted by Crippen LogP contribution is -2.22. The number of ether oxygens (including phenoxy) is 2. The fourth-order valence-corrected chi connectivity index (χ4v) is 2.80. The van der Waals surface area contributed by atoms with Crippen molar-refractivity contribution < 1.29 is 14.3 Å². The van der Waals surface area contributed by atoms with Crippen LogP contribution in [0.5, 0.6) is 5.75 Å². The number of anilines is 1. The highest BCUT2D eigenvalue weighted by atomic mass is 35.5. The summed E-state index contributed by atoms with van der Waals surface area (Å²) in [7, 11) is 0. The second-order valence-electron chi connectivity index (χ2n) is 5.42. The molecule has 1 N–H and O–H groups in total. The maximum Gasteiger partial charge on any atom is 0.343 e. The van der Waals surface area contributed by atoms with Gasteiger partial charge >= 0.3 is 5.97 Å². The van der Waals surface area contributed by atoms with Crippen LogP contribution in [0.15, 0.2) is 24.4 Å². The van der Waals surface area contributed by atoms with Gasteiger partial charge in [0.05, 0.1) is 19.3 Å². The highest BCUT2D eigenvalue weighted by Gasteiger charge is 2.24. The number of aromatic nitrogens is 2. The van der Waals surface area contributed by atoms with Crippen LogP contribution in [-0.4, -0.2) is 29.2 Å². The van der Waals surface area contributed by atoms with Crippen molar-refractivity contribution in [1.29, 1.82) is 0 Å². The van der Waals surface area contributed by atoms with Crippen LogP contribution in [0.25, 0.3) is 0 Å². The zero-order chi connectivity index (χ0) is 17.1. The molecule has 126 valence electrons. The number of nitrogens with zero attached hydrogens (tertiary/aromatic N) is 2. The molecule has 1 atom stereocenters. The van der Waals surface area contributed by atoms with Crippen molar-refractivity contribution in [2.75, 3.05) is 18.5 Å². The molecular formula is C17H18ClN3O3. The van der Waals surface area contributed by atoms with Crippen molar-refractivity contribution in [3.63, 3.8) is 0 Å². The number of aryl methyl sites for hydroxylation is 1. The van der Waals surface area contributed by atoms with Gasteiger partial charge in [0, 0.05) is 23.2 Å². The van der Waals surface area contributed by atoms with Gasteiger partial charge < -0.3 is 14.8 Å². The molecule has 0 amide bonds. The largest absolute Gasteiger partial charge is 0.493 e. The second kappa shape index (κ2) is 7.05. The van der Waals surface area contributed by atoms with Crippen molar-refractivity contribution in [3.05, 3.63) is 46.4 Å². The number of fused-ring (bicyclic) bond motifs is 1. The van der Waals surface area contributed by atoms with Gasteiger partial charge in [-0.25, -0.2) is 14.8 Å². The molecule has 3 rings (SSSR count). The standard InChI is InChI=1S/C17H18ClN3O3/c1-3-23-17(22)13-9-19-10(2)20-16(13)21-14-6-7-24-15-5-4-11(18)8-12(14)15/h4-5,8-9,14H,3,6-7H2,1-2H3,(H,19,20,21). The maximum atomic E-state index is 12.1. The van der Waals surface area contributed by atoms with Gasteiger partial charge in [0.15, 0.2) is 0 Å². The van der Waals surface area contributed by atoms with Crippen LogP contribution in [0.2, 0.25) is 5.02 Å². The van der Waals surface area contributed by atoms with Crippen molar-refractivity contribution in [2.45, 2.75) is 26.3 Å². The highest BCUT2D eigenvalue weighted by Crippen LogP contribution is 2.36. The summed E-state index contributed by atoms with van der Waals surface area (Å²) in [6.07, 6.45) is 2.22. The summed E-state index contributed by atoms with van der Waals surface area (Å²) < 4.78 is 10.7. The van der Waals surface area contributed by atoms with Gasteiger partial charge in [-0.05, 0) is 32.0 Å². The third-order valence-electron chi connectivity index (χ3n) is 3.73. The second-order valence-corrected chi connectivity index (χ2v) is 5.85. The number of rotatable bonds is 4. The lowest BCUT2D eigenvalue weighted by Gasteiger charge is -2.27. The van der Waals surface area contributed by atoms with E-state index < -0.39 is 5.97 Å². The Labute approximate surface area is 145 Å². The zero-order valence-electron chi connectivity index (χ0n) is 13.5. The minimum absolute atomic E-state index is 0.0603. The van der Waals surface area contributed by atoms with Crippen LogP contribution in [0.3, 0.4) is 0 Å². The van der Waals surface area contributed by atoms with E-state index in [-0.39, 0.29) is 6.04 Å². The van der Waals surface area contributed by atoms with Crippen LogP contribution < -0.4 is 10.1 Å². The molecule has 6 nitrogen and oxygen atoms in total. The molecule has 0 saturated heterocycles. The Morgan fingerprint density at radius 3 is 3.12 bits per heavy atom. The molecule has 1 unspecified atom stereocenters. The molecule has 0 fully saturated rings. The van der Waals surface area contributed by atoms with E-state index in [9.17, 15) is 4.79 Å². The van der Waals surface area contributed by atoms with Crippen LogP contribution >= 0.6 is 11.6 Å². The van der Waals surface area contributed by atoms with Gasteiger partial charge in [0.25, 0.3) is 0 Å². The summed E-state index contributed by atoms with van der Waals surface area (Å²) in [5.74, 6) is 1.37. The zero-order valence-corrected chi connectivity index (χ0v) is 14.3. The lowest BCUT2D eigenvalue weighted by atomic mass is 10.0. The minimum atomic E-state index is -0.446. The van der Waals surface area contributed by atoms with Crippen molar-refractivity contribution in [2.24, 2.45) is 0 Å². The predicted molar refractivity (Wildman–Crippen MR) is 90.7 cm³/mol. The van der Waals surface area contributed by atoms with Crippen LogP contribution in [0.1, 0.15) is 41.1 Å². The average molecular weight is 348 g/mol. The molecule has 1 aromatic heterocycles. The molecule has 0 spiro atoms. The fourth-order valence-electron chi connectivity index (χ4n) is 2.62. The van der Waals surface area contributed by atoms with Crippen molar-refractivity contribution >= 4 is 23.4 Å². The molecular weight excluding hydrogens is 330 g/mol. The summed E-state index contributed by atoms with van der Waals surface area (Å²) in [5, 5.41) is 3.96. The summed E-state index contributed by atoms with van der Waals surface area (Å²) >= 11 is 6.11. The monoisotopic (exact) mass is 347 g/mol. The molecule has 1 aliphatic heterocycles.